The molecule has 3 nitrogen and oxygen atoms in total. The number of ether oxygens (including phenoxy) is 1. The van der Waals surface area contributed by atoms with Gasteiger partial charge in [0.2, 0.25) is 5.91 Å². The Morgan fingerprint density at radius 3 is 3.14 bits per heavy atom. The van der Waals surface area contributed by atoms with Crippen LogP contribution < -0.4 is 0 Å². The summed E-state index contributed by atoms with van der Waals surface area (Å²) in [5.74, 6) is 0.229. The van der Waals surface area contributed by atoms with E-state index in [0.717, 1.165) is 25.8 Å². The standard InChI is InChI=1S/C11H19NO2/c1-3-5-6-9-12-10(13)7-8-11(12)14-4-2/h3,11H,1,4-9H2,2H3. The summed E-state index contributed by atoms with van der Waals surface area (Å²) in [6, 6.07) is 0. The Balaban J connectivity index is 2.36. The second kappa shape index (κ2) is 5.81. The quantitative estimate of drug-likeness (QED) is 0.481. The topological polar surface area (TPSA) is 29.5 Å². The first-order valence-electron chi connectivity index (χ1n) is 5.31. The number of unbranched alkanes of at least 4 members (excludes halogenated alkanes) is 1. The maximum absolute atomic E-state index is 11.5. The molecular weight excluding hydrogens is 178 g/mol. The molecule has 1 saturated heterocycles. The summed E-state index contributed by atoms with van der Waals surface area (Å²) in [5, 5.41) is 0. The van der Waals surface area contributed by atoms with E-state index in [1.807, 2.05) is 17.9 Å². The third-order valence-corrected chi connectivity index (χ3v) is 2.44. The van der Waals surface area contributed by atoms with Gasteiger partial charge in [-0.2, -0.15) is 0 Å². The minimum atomic E-state index is 0.0253. The first-order valence-corrected chi connectivity index (χ1v) is 5.31. The Hall–Kier alpha value is -0.830. The van der Waals surface area contributed by atoms with Crippen LogP contribution in [-0.2, 0) is 9.53 Å². The number of rotatable bonds is 6. The first kappa shape index (κ1) is 11.2. The summed E-state index contributed by atoms with van der Waals surface area (Å²) in [7, 11) is 0. The van der Waals surface area contributed by atoms with Crippen molar-refractivity contribution in [2.45, 2.75) is 38.8 Å². The van der Waals surface area contributed by atoms with Crippen molar-refractivity contribution in [2.75, 3.05) is 13.2 Å². The third-order valence-electron chi connectivity index (χ3n) is 2.44. The van der Waals surface area contributed by atoms with Crippen molar-refractivity contribution in [2.24, 2.45) is 0 Å². The highest BCUT2D eigenvalue weighted by Crippen LogP contribution is 2.20. The predicted molar refractivity (Wildman–Crippen MR) is 55.8 cm³/mol. The van der Waals surface area contributed by atoms with E-state index < -0.39 is 0 Å². The van der Waals surface area contributed by atoms with Crippen molar-refractivity contribution < 1.29 is 9.53 Å². The molecule has 1 unspecified atom stereocenters. The van der Waals surface area contributed by atoms with Gasteiger partial charge in [-0.3, -0.25) is 4.79 Å². The number of likely N-dealkylation sites (tertiary alicyclic amines) is 1. The maximum Gasteiger partial charge on any atom is 0.224 e. The van der Waals surface area contributed by atoms with Gasteiger partial charge < -0.3 is 9.64 Å². The fourth-order valence-electron chi connectivity index (χ4n) is 1.75. The lowest BCUT2D eigenvalue weighted by Gasteiger charge is -2.24. The van der Waals surface area contributed by atoms with Crippen LogP contribution in [-0.4, -0.2) is 30.2 Å². The van der Waals surface area contributed by atoms with Gasteiger partial charge in [0, 0.05) is 26.0 Å². The highest BCUT2D eigenvalue weighted by Gasteiger charge is 2.30. The summed E-state index contributed by atoms with van der Waals surface area (Å²) in [6.07, 6.45) is 5.34. The van der Waals surface area contributed by atoms with Crippen LogP contribution in [0.2, 0.25) is 0 Å². The van der Waals surface area contributed by atoms with E-state index in [4.69, 9.17) is 4.74 Å². The maximum atomic E-state index is 11.5. The molecule has 14 heavy (non-hydrogen) atoms. The van der Waals surface area contributed by atoms with Crippen LogP contribution in [0, 0.1) is 0 Å². The summed E-state index contributed by atoms with van der Waals surface area (Å²) >= 11 is 0. The Morgan fingerprint density at radius 1 is 1.71 bits per heavy atom. The Kier molecular flexibility index (Phi) is 4.66. The number of nitrogens with zero attached hydrogens (tertiary/aromatic N) is 1. The molecule has 0 radical (unpaired) electrons. The molecule has 0 aromatic heterocycles. The Bertz CT molecular complexity index is 203. The van der Waals surface area contributed by atoms with Crippen molar-refractivity contribution in [1.29, 1.82) is 0 Å². The lowest BCUT2D eigenvalue weighted by atomic mass is 10.3. The molecule has 0 aromatic carbocycles. The number of hydrogen-bond donors (Lipinski definition) is 0. The normalized spacial score (nSPS) is 21.6. The van der Waals surface area contributed by atoms with E-state index >= 15 is 0 Å². The summed E-state index contributed by atoms with van der Waals surface area (Å²) < 4.78 is 5.50. The van der Waals surface area contributed by atoms with E-state index in [1.54, 1.807) is 0 Å². The zero-order valence-corrected chi connectivity index (χ0v) is 8.87. The number of amides is 1. The minimum absolute atomic E-state index is 0.0253. The number of hydrogen-bond acceptors (Lipinski definition) is 2. The van der Waals surface area contributed by atoms with Crippen LogP contribution in [0.15, 0.2) is 12.7 Å². The molecule has 1 rings (SSSR count). The molecule has 1 atom stereocenters. The van der Waals surface area contributed by atoms with Gasteiger partial charge >= 0.3 is 0 Å². The predicted octanol–water partition coefficient (Wildman–Crippen LogP) is 1.94. The van der Waals surface area contributed by atoms with Crippen molar-refractivity contribution in [1.82, 2.24) is 4.90 Å². The molecule has 0 bridgehead atoms. The van der Waals surface area contributed by atoms with Crippen molar-refractivity contribution in [3.63, 3.8) is 0 Å². The third kappa shape index (κ3) is 2.84. The Labute approximate surface area is 85.7 Å². The van der Waals surface area contributed by atoms with Crippen molar-refractivity contribution >= 4 is 5.91 Å². The summed E-state index contributed by atoms with van der Waals surface area (Å²) in [6.45, 7) is 7.11. The van der Waals surface area contributed by atoms with Gasteiger partial charge in [0.05, 0.1) is 0 Å². The van der Waals surface area contributed by atoms with E-state index in [9.17, 15) is 4.79 Å². The lowest BCUT2D eigenvalue weighted by Crippen LogP contribution is -2.35. The van der Waals surface area contributed by atoms with E-state index in [1.165, 1.54) is 0 Å². The number of carbonyl (C=O) groups is 1. The average Bonchev–Trinajstić information content (AvgIpc) is 2.50. The molecular formula is C11H19NO2. The second-order valence-corrected chi connectivity index (χ2v) is 3.47. The van der Waals surface area contributed by atoms with Gasteiger partial charge in [-0.15, -0.1) is 6.58 Å². The van der Waals surface area contributed by atoms with Crippen LogP contribution in [0.4, 0.5) is 0 Å². The zero-order valence-electron chi connectivity index (χ0n) is 8.87. The molecule has 1 aliphatic heterocycles. The number of allylic oxidation sites excluding steroid dienone is 1. The highest BCUT2D eigenvalue weighted by molar-refractivity contribution is 5.78. The summed E-state index contributed by atoms with van der Waals surface area (Å²) in [5.41, 5.74) is 0. The lowest BCUT2D eigenvalue weighted by molar-refractivity contribution is -0.136. The van der Waals surface area contributed by atoms with Crippen molar-refractivity contribution in [3.8, 4) is 0 Å². The number of carbonyl (C=O) groups excluding carboxylic acids is 1. The fraction of sp³-hybridized carbons (Fsp3) is 0.727. The average molecular weight is 197 g/mol. The minimum Gasteiger partial charge on any atom is -0.359 e. The molecule has 1 aliphatic rings. The zero-order chi connectivity index (χ0) is 10.4. The van der Waals surface area contributed by atoms with Gasteiger partial charge in [0.25, 0.3) is 0 Å². The molecule has 1 amide bonds. The molecule has 0 N–H and O–H groups in total. The van der Waals surface area contributed by atoms with Gasteiger partial charge in [0.15, 0.2) is 0 Å². The Morgan fingerprint density at radius 2 is 2.50 bits per heavy atom. The summed E-state index contributed by atoms with van der Waals surface area (Å²) in [4.78, 5) is 13.3. The SMILES string of the molecule is C=CCCCN1C(=O)CCC1OCC. The molecule has 1 fully saturated rings. The van der Waals surface area contributed by atoms with Crippen LogP contribution >= 0.6 is 0 Å². The van der Waals surface area contributed by atoms with E-state index in [0.29, 0.717) is 13.0 Å². The largest absolute Gasteiger partial charge is 0.359 e. The highest BCUT2D eigenvalue weighted by atomic mass is 16.5. The van der Waals surface area contributed by atoms with Crippen molar-refractivity contribution in [3.05, 3.63) is 12.7 Å². The van der Waals surface area contributed by atoms with Gasteiger partial charge in [-0.1, -0.05) is 6.08 Å². The fourth-order valence-corrected chi connectivity index (χ4v) is 1.75. The van der Waals surface area contributed by atoms with Gasteiger partial charge in [0.1, 0.15) is 6.23 Å². The molecule has 1 heterocycles. The smallest absolute Gasteiger partial charge is 0.224 e. The van der Waals surface area contributed by atoms with Crippen LogP contribution in [0.25, 0.3) is 0 Å². The molecule has 0 aromatic rings. The van der Waals surface area contributed by atoms with Gasteiger partial charge in [-0.25, -0.2) is 0 Å². The molecule has 0 saturated carbocycles. The monoisotopic (exact) mass is 197 g/mol. The molecule has 80 valence electrons. The second-order valence-electron chi connectivity index (χ2n) is 3.47. The van der Waals surface area contributed by atoms with Crippen LogP contribution in [0.5, 0.6) is 0 Å². The molecule has 3 heteroatoms. The van der Waals surface area contributed by atoms with E-state index in [2.05, 4.69) is 6.58 Å². The van der Waals surface area contributed by atoms with E-state index in [-0.39, 0.29) is 12.1 Å². The van der Waals surface area contributed by atoms with Crippen LogP contribution in [0.3, 0.4) is 0 Å². The van der Waals surface area contributed by atoms with Crippen LogP contribution in [0.1, 0.15) is 32.6 Å². The molecule has 0 spiro atoms. The molecule has 0 aliphatic carbocycles. The van der Waals surface area contributed by atoms with Gasteiger partial charge in [-0.05, 0) is 19.8 Å². The first-order chi connectivity index (χ1) is 6.79.